The van der Waals surface area contributed by atoms with Gasteiger partial charge in [0.1, 0.15) is 17.8 Å². The van der Waals surface area contributed by atoms with E-state index in [0.29, 0.717) is 0 Å². The van der Waals surface area contributed by atoms with Gasteiger partial charge in [-0.2, -0.15) is 0 Å². The molecule has 0 aliphatic carbocycles. The molecule has 1 aromatic rings. The molecule has 8 nitrogen and oxygen atoms in total. The highest BCUT2D eigenvalue weighted by Crippen LogP contribution is 2.36. The van der Waals surface area contributed by atoms with Crippen LogP contribution in [0.25, 0.3) is 0 Å². The Morgan fingerprint density at radius 2 is 2.11 bits per heavy atom. The topological polar surface area (TPSA) is 125 Å². The third-order valence-electron chi connectivity index (χ3n) is 3.37. The van der Waals surface area contributed by atoms with Crippen molar-refractivity contribution in [3.8, 4) is 0 Å². The monoisotopic (exact) mass is 272 g/mol. The van der Waals surface area contributed by atoms with Crippen molar-refractivity contribution in [2.24, 2.45) is 0 Å². The fourth-order valence-electron chi connectivity index (χ4n) is 2.21. The first kappa shape index (κ1) is 13.9. The van der Waals surface area contributed by atoms with Crippen LogP contribution in [-0.4, -0.2) is 49.3 Å². The molecule has 106 valence electrons. The van der Waals surface area contributed by atoms with E-state index in [1.165, 1.54) is 19.9 Å². The number of aliphatic hydroxyl groups excluding tert-OH is 3. The lowest BCUT2D eigenvalue weighted by Crippen LogP contribution is -2.43. The van der Waals surface area contributed by atoms with Gasteiger partial charge in [-0.15, -0.1) is 0 Å². The van der Waals surface area contributed by atoms with Gasteiger partial charge >= 0.3 is 5.69 Å². The molecule has 0 saturated carbocycles. The SMILES string of the molecule is Cc1cc(=O)[nH]c(=O)n1[C@@H]1O[C@](C)(CO)[C@@H](O)[C@H]1O. The molecule has 0 bridgehead atoms. The molecule has 1 aliphatic heterocycles. The summed E-state index contributed by atoms with van der Waals surface area (Å²) in [6, 6.07) is 1.18. The van der Waals surface area contributed by atoms with E-state index in [0.717, 1.165) is 4.57 Å². The number of H-pyrrole nitrogens is 1. The van der Waals surface area contributed by atoms with E-state index in [4.69, 9.17) is 4.74 Å². The van der Waals surface area contributed by atoms with Gasteiger partial charge in [0.15, 0.2) is 6.23 Å². The summed E-state index contributed by atoms with van der Waals surface area (Å²) in [4.78, 5) is 25.0. The van der Waals surface area contributed by atoms with Crippen LogP contribution in [0.1, 0.15) is 18.8 Å². The Bertz CT molecular complexity index is 594. The van der Waals surface area contributed by atoms with Crippen molar-refractivity contribution in [1.29, 1.82) is 0 Å². The number of rotatable bonds is 2. The van der Waals surface area contributed by atoms with Crippen LogP contribution < -0.4 is 11.2 Å². The van der Waals surface area contributed by atoms with E-state index in [1.807, 2.05) is 0 Å². The molecule has 2 heterocycles. The maximum atomic E-state index is 11.8. The Labute approximate surface area is 107 Å². The summed E-state index contributed by atoms with van der Waals surface area (Å²) < 4.78 is 6.44. The molecule has 0 amide bonds. The van der Waals surface area contributed by atoms with Crippen LogP contribution in [0.5, 0.6) is 0 Å². The number of aryl methyl sites for hydroxylation is 1. The maximum absolute atomic E-state index is 11.8. The summed E-state index contributed by atoms with van der Waals surface area (Å²) in [5, 5.41) is 29.0. The van der Waals surface area contributed by atoms with E-state index in [1.54, 1.807) is 0 Å². The highest BCUT2D eigenvalue weighted by molar-refractivity contribution is 5.05. The molecule has 19 heavy (non-hydrogen) atoms. The quantitative estimate of drug-likeness (QED) is 0.486. The average Bonchev–Trinajstić information content (AvgIpc) is 2.54. The van der Waals surface area contributed by atoms with Gasteiger partial charge in [0.2, 0.25) is 0 Å². The summed E-state index contributed by atoms with van der Waals surface area (Å²) >= 11 is 0. The fraction of sp³-hybridized carbons (Fsp3) is 0.636. The van der Waals surface area contributed by atoms with Crippen molar-refractivity contribution in [2.75, 3.05) is 6.61 Å². The molecule has 1 aromatic heterocycles. The molecular weight excluding hydrogens is 256 g/mol. The lowest BCUT2D eigenvalue weighted by molar-refractivity contribution is -0.118. The van der Waals surface area contributed by atoms with Crippen molar-refractivity contribution in [3.63, 3.8) is 0 Å². The molecule has 0 spiro atoms. The molecule has 0 unspecified atom stereocenters. The first-order valence-electron chi connectivity index (χ1n) is 5.77. The van der Waals surface area contributed by atoms with Crippen LogP contribution >= 0.6 is 0 Å². The second kappa shape index (κ2) is 4.57. The number of nitrogens with zero attached hydrogens (tertiary/aromatic N) is 1. The van der Waals surface area contributed by atoms with Gasteiger partial charge in [0.05, 0.1) is 6.61 Å². The van der Waals surface area contributed by atoms with E-state index in [2.05, 4.69) is 4.98 Å². The molecule has 1 aliphatic rings. The van der Waals surface area contributed by atoms with Gasteiger partial charge in [-0.05, 0) is 13.8 Å². The molecule has 2 rings (SSSR count). The van der Waals surface area contributed by atoms with Gasteiger partial charge in [0, 0.05) is 11.8 Å². The first-order chi connectivity index (χ1) is 8.80. The van der Waals surface area contributed by atoms with Gasteiger partial charge in [-0.25, -0.2) is 4.79 Å². The predicted octanol–water partition coefficient (Wildman–Crippen LogP) is -2.15. The van der Waals surface area contributed by atoms with Gasteiger partial charge < -0.3 is 20.1 Å². The van der Waals surface area contributed by atoms with E-state index in [-0.39, 0.29) is 5.69 Å². The van der Waals surface area contributed by atoms with E-state index in [9.17, 15) is 24.9 Å². The van der Waals surface area contributed by atoms with Crippen molar-refractivity contribution in [1.82, 2.24) is 9.55 Å². The lowest BCUT2D eigenvalue weighted by Gasteiger charge is -2.24. The Hall–Kier alpha value is -1.48. The zero-order valence-corrected chi connectivity index (χ0v) is 10.5. The van der Waals surface area contributed by atoms with Gasteiger partial charge in [-0.3, -0.25) is 14.3 Å². The minimum Gasteiger partial charge on any atom is -0.393 e. The third kappa shape index (κ3) is 2.12. The smallest absolute Gasteiger partial charge is 0.330 e. The molecule has 4 atom stereocenters. The molecule has 1 saturated heterocycles. The molecule has 8 heteroatoms. The number of hydrogen-bond donors (Lipinski definition) is 4. The average molecular weight is 272 g/mol. The van der Waals surface area contributed by atoms with Gasteiger partial charge in [0.25, 0.3) is 5.56 Å². The normalized spacial score (nSPS) is 34.7. The Morgan fingerprint density at radius 1 is 1.47 bits per heavy atom. The maximum Gasteiger partial charge on any atom is 0.330 e. The van der Waals surface area contributed by atoms with Crippen molar-refractivity contribution in [3.05, 3.63) is 32.6 Å². The number of ether oxygens (including phenoxy) is 1. The second-order valence-corrected chi connectivity index (χ2v) is 4.86. The fourth-order valence-corrected chi connectivity index (χ4v) is 2.21. The van der Waals surface area contributed by atoms with Crippen molar-refractivity contribution >= 4 is 0 Å². The largest absolute Gasteiger partial charge is 0.393 e. The summed E-state index contributed by atoms with van der Waals surface area (Å²) in [5.74, 6) is 0. The first-order valence-corrected chi connectivity index (χ1v) is 5.77. The third-order valence-corrected chi connectivity index (χ3v) is 3.37. The van der Waals surface area contributed by atoms with Crippen molar-refractivity contribution in [2.45, 2.75) is 37.9 Å². The molecule has 0 radical (unpaired) electrons. The highest BCUT2D eigenvalue weighted by atomic mass is 16.6. The highest BCUT2D eigenvalue weighted by Gasteiger charge is 2.52. The minimum absolute atomic E-state index is 0.284. The minimum atomic E-state index is -1.39. The number of hydrogen-bond acceptors (Lipinski definition) is 6. The summed E-state index contributed by atoms with van der Waals surface area (Å²) in [6.45, 7) is 2.42. The summed E-state index contributed by atoms with van der Waals surface area (Å²) in [7, 11) is 0. The molecule has 0 aromatic carbocycles. The Kier molecular flexibility index (Phi) is 3.35. The lowest BCUT2D eigenvalue weighted by atomic mass is 9.99. The van der Waals surface area contributed by atoms with Gasteiger partial charge in [-0.1, -0.05) is 0 Å². The van der Waals surface area contributed by atoms with Crippen LogP contribution in [0.4, 0.5) is 0 Å². The zero-order chi connectivity index (χ0) is 14.4. The number of aromatic nitrogens is 2. The number of aromatic amines is 1. The predicted molar refractivity (Wildman–Crippen MR) is 63.7 cm³/mol. The van der Waals surface area contributed by atoms with Crippen molar-refractivity contribution < 1.29 is 20.1 Å². The zero-order valence-electron chi connectivity index (χ0n) is 10.5. The van der Waals surface area contributed by atoms with Crippen LogP contribution in [-0.2, 0) is 4.74 Å². The number of aliphatic hydroxyl groups is 3. The Morgan fingerprint density at radius 3 is 2.58 bits per heavy atom. The van der Waals surface area contributed by atoms with Crippen LogP contribution in [0, 0.1) is 6.92 Å². The standard InChI is InChI=1S/C11H16N2O6/c1-5-3-6(15)12-10(18)13(5)9-7(16)8(17)11(2,4-14)19-9/h3,7-9,14,16-17H,4H2,1-2H3,(H,12,15,18)/t7-,8+,9-,11-/m1/s1. The Balaban J connectivity index is 2.50. The number of nitrogens with one attached hydrogen (secondary N) is 1. The van der Waals surface area contributed by atoms with Crippen LogP contribution in [0.3, 0.4) is 0 Å². The second-order valence-electron chi connectivity index (χ2n) is 4.86. The van der Waals surface area contributed by atoms with Crippen LogP contribution in [0.15, 0.2) is 15.7 Å². The molecule has 4 N–H and O–H groups in total. The molecular formula is C11H16N2O6. The van der Waals surface area contributed by atoms with E-state index < -0.39 is 41.9 Å². The summed E-state index contributed by atoms with van der Waals surface area (Å²) in [6.07, 6.45) is -3.91. The molecule has 1 fully saturated rings. The summed E-state index contributed by atoms with van der Waals surface area (Å²) in [5.41, 5.74) is -2.39. The van der Waals surface area contributed by atoms with E-state index >= 15 is 0 Å². The van der Waals surface area contributed by atoms with Crippen LogP contribution in [0.2, 0.25) is 0 Å².